The van der Waals surface area contributed by atoms with Crippen LogP contribution >= 0.6 is 0 Å². The monoisotopic (exact) mass is 310 g/mol. The summed E-state index contributed by atoms with van der Waals surface area (Å²) in [6.45, 7) is -0.204. The average Bonchev–Trinajstić information content (AvgIpc) is 3.27. The van der Waals surface area contributed by atoms with E-state index in [-0.39, 0.29) is 18.6 Å². The third kappa shape index (κ3) is 2.61. The van der Waals surface area contributed by atoms with Gasteiger partial charge in [-0.2, -0.15) is 0 Å². The van der Waals surface area contributed by atoms with Crippen molar-refractivity contribution in [2.75, 3.05) is 6.61 Å². The molecule has 118 valence electrons. The summed E-state index contributed by atoms with van der Waals surface area (Å²) < 4.78 is 5.43. The van der Waals surface area contributed by atoms with Gasteiger partial charge in [-0.05, 0) is 37.5 Å². The van der Waals surface area contributed by atoms with Gasteiger partial charge in [0.25, 0.3) is 5.91 Å². The van der Waals surface area contributed by atoms with Crippen molar-refractivity contribution in [1.82, 2.24) is 10.6 Å². The maximum Gasteiger partial charge on any atom is 0.251 e. The SMILES string of the molecule is O=C(N[C@@H]1C[C@H]2CC[C@@H]1N2)c1ccc2occ(C#CCO)c2c1. The number of benzene rings is 1. The van der Waals surface area contributed by atoms with Crippen LogP contribution in [0.1, 0.15) is 35.2 Å². The molecule has 1 aromatic carbocycles. The lowest BCUT2D eigenvalue weighted by molar-refractivity contribution is 0.0931. The van der Waals surface area contributed by atoms with E-state index in [9.17, 15) is 4.79 Å². The van der Waals surface area contributed by atoms with Crippen molar-refractivity contribution in [3.63, 3.8) is 0 Å². The minimum atomic E-state index is -0.204. The molecule has 2 bridgehead atoms. The van der Waals surface area contributed by atoms with Crippen molar-refractivity contribution >= 4 is 16.9 Å². The van der Waals surface area contributed by atoms with Crippen molar-refractivity contribution in [3.8, 4) is 11.8 Å². The zero-order valence-electron chi connectivity index (χ0n) is 12.6. The first-order valence-electron chi connectivity index (χ1n) is 7.92. The highest BCUT2D eigenvalue weighted by atomic mass is 16.3. The number of carbonyl (C=O) groups excluding carboxylic acids is 1. The van der Waals surface area contributed by atoms with Crippen LogP contribution in [0, 0.1) is 11.8 Å². The van der Waals surface area contributed by atoms with Gasteiger partial charge in [0.15, 0.2) is 0 Å². The number of aliphatic hydroxyl groups excluding tert-OH is 1. The van der Waals surface area contributed by atoms with E-state index in [2.05, 4.69) is 22.5 Å². The van der Waals surface area contributed by atoms with Gasteiger partial charge in [0.05, 0.1) is 5.56 Å². The molecule has 3 heterocycles. The Hall–Kier alpha value is -2.29. The van der Waals surface area contributed by atoms with Gasteiger partial charge in [0, 0.05) is 29.1 Å². The Kier molecular flexibility index (Phi) is 3.56. The van der Waals surface area contributed by atoms with E-state index in [0.29, 0.717) is 28.8 Å². The van der Waals surface area contributed by atoms with Crippen molar-refractivity contribution in [1.29, 1.82) is 0 Å². The molecule has 2 saturated heterocycles. The van der Waals surface area contributed by atoms with E-state index in [1.165, 1.54) is 6.42 Å². The summed E-state index contributed by atoms with van der Waals surface area (Å²) in [4.78, 5) is 12.5. The van der Waals surface area contributed by atoms with Crippen LogP contribution in [-0.4, -0.2) is 35.7 Å². The Morgan fingerprint density at radius 1 is 1.43 bits per heavy atom. The Morgan fingerprint density at radius 2 is 2.35 bits per heavy atom. The molecule has 3 N–H and O–H groups in total. The Morgan fingerprint density at radius 3 is 3.09 bits per heavy atom. The number of aliphatic hydroxyl groups is 1. The van der Waals surface area contributed by atoms with Crippen LogP contribution in [0.2, 0.25) is 0 Å². The van der Waals surface area contributed by atoms with Gasteiger partial charge >= 0.3 is 0 Å². The smallest absolute Gasteiger partial charge is 0.251 e. The van der Waals surface area contributed by atoms with E-state index in [1.54, 1.807) is 24.5 Å². The third-order valence-corrected chi connectivity index (χ3v) is 4.75. The van der Waals surface area contributed by atoms with E-state index >= 15 is 0 Å². The molecule has 2 aromatic rings. The summed E-state index contributed by atoms with van der Waals surface area (Å²) in [7, 11) is 0. The molecule has 0 saturated carbocycles. The Bertz CT molecular complexity index is 815. The third-order valence-electron chi connectivity index (χ3n) is 4.75. The summed E-state index contributed by atoms with van der Waals surface area (Å²) in [6, 6.07) is 6.54. The topological polar surface area (TPSA) is 74.5 Å². The predicted molar refractivity (Wildman–Crippen MR) is 86.0 cm³/mol. The Balaban J connectivity index is 1.57. The van der Waals surface area contributed by atoms with Crippen LogP contribution in [0.4, 0.5) is 0 Å². The fourth-order valence-corrected chi connectivity index (χ4v) is 3.64. The van der Waals surface area contributed by atoms with Crippen LogP contribution in [0.5, 0.6) is 0 Å². The molecule has 3 atom stereocenters. The van der Waals surface area contributed by atoms with Gasteiger partial charge in [0.1, 0.15) is 18.5 Å². The molecular formula is C18H18N2O3. The molecule has 2 aliphatic heterocycles. The highest BCUT2D eigenvalue weighted by Gasteiger charge is 2.39. The summed E-state index contributed by atoms with van der Waals surface area (Å²) in [5.41, 5.74) is 1.98. The fraction of sp³-hybridized carbons (Fsp3) is 0.389. The molecule has 4 rings (SSSR count). The average molecular weight is 310 g/mol. The van der Waals surface area contributed by atoms with Gasteiger partial charge in [-0.15, -0.1) is 0 Å². The number of furan rings is 1. The second-order valence-corrected chi connectivity index (χ2v) is 6.18. The number of hydrogen-bond donors (Lipinski definition) is 3. The molecule has 5 nitrogen and oxygen atoms in total. The number of fused-ring (bicyclic) bond motifs is 3. The zero-order chi connectivity index (χ0) is 15.8. The van der Waals surface area contributed by atoms with Gasteiger partial charge in [0.2, 0.25) is 0 Å². The molecule has 5 heteroatoms. The first-order chi connectivity index (χ1) is 11.2. The second kappa shape index (κ2) is 5.73. The normalized spacial score (nSPS) is 25.3. The predicted octanol–water partition coefficient (Wildman–Crippen LogP) is 1.40. The molecule has 1 amide bonds. The van der Waals surface area contributed by atoms with Gasteiger partial charge in [-0.25, -0.2) is 0 Å². The standard InChI is InChI=1S/C18H18N2O3/c21-7-1-2-12-10-23-17-6-3-11(8-14(12)17)18(22)20-16-9-13-4-5-15(16)19-13/h3,6,8,10,13,15-16,19,21H,4-5,7,9H2,(H,20,22)/t13-,15+,16-/m1/s1. The van der Waals surface area contributed by atoms with Crippen LogP contribution in [-0.2, 0) is 0 Å². The lowest BCUT2D eigenvalue weighted by atomic mass is 9.95. The first kappa shape index (κ1) is 14.3. The van der Waals surface area contributed by atoms with Gasteiger partial charge in [-0.1, -0.05) is 11.8 Å². The van der Waals surface area contributed by atoms with Crippen molar-refractivity contribution in [3.05, 3.63) is 35.6 Å². The molecule has 2 aliphatic rings. The molecule has 0 spiro atoms. The van der Waals surface area contributed by atoms with Gasteiger partial charge in [-0.3, -0.25) is 4.79 Å². The number of nitrogens with one attached hydrogen (secondary N) is 2. The van der Waals surface area contributed by atoms with E-state index < -0.39 is 0 Å². The minimum absolute atomic E-state index is 0.0616. The molecular weight excluding hydrogens is 292 g/mol. The maximum absolute atomic E-state index is 12.5. The van der Waals surface area contributed by atoms with Crippen LogP contribution in [0.3, 0.4) is 0 Å². The van der Waals surface area contributed by atoms with Crippen molar-refractivity contribution in [2.24, 2.45) is 0 Å². The maximum atomic E-state index is 12.5. The van der Waals surface area contributed by atoms with Gasteiger partial charge < -0.3 is 20.2 Å². The molecule has 0 aliphatic carbocycles. The van der Waals surface area contributed by atoms with Crippen LogP contribution in [0.15, 0.2) is 28.9 Å². The fourth-order valence-electron chi connectivity index (χ4n) is 3.64. The quantitative estimate of drug-likeness (QED) is 0.733. The number of rotatable bonds is 2. The highest BCUT2D eigenvalue weighted by Crippen LogP contribution is 2.28. The molecule has 2 fully saturated rings. The molecule has 0 unspecified atom stereocenters. The largest absolute Gasteiger partial charge is 0.463 e. The lowest BCUT2D eigenvalue weighted by Crippen LogP contribution is -2.42. The zero-order valence-corrected chi connectivity index (χ0v) is 12.6. The van der Waals surface area contributed by atoms with Crippen LogP contribution < -0.4 is 10.6 Å². The summed E-state index contributed by atoms with van der Waals surface area (Å²) in [5, 5.41) is 16.3. The summed E-state index contributed by atoms with van der Waals surface area (Å²) in [5.74, 6) is 5.39. The van der Waals surface area contributed by atoms with E-state index in [0.717, 1.165) is 18.2 Å². The van der Waals surface area contributed by atoms with Crippen molar-refractivity contribution in [2.45, 2.75) is 37.4 Å². The highest BCUT2D eigenvalue weighted by molar-refractivity contribution is 5.99. The molecule has 1 aromatic heterocycles. The summed E-state index contributed by atoms with van der Waals surface area (Å²) in [6.07, 6.45) is 4.91. The first-order valence-corrected chi connectivity index (χ1v) is 7.92. The van der Waals surface area contributed by atoms with Crippen molar-refractivity contribution < 1.29 is 14.3 Å². The van der Waals surface area contributed by atoms with E-state index in [4.69, 9.17) is 9.52 Å². The molecule has 23 heavy (non-hydrogen) atoms. The van der Waals surface area contributed by atoms with Crippen LogP contribution in [0.25, 0.3) is 11.0 Å². The Labute approximate surface area is 134 Å². The second-order valence-electron chi connectivity index (χ2n) is 6.18. The van der Waals surface area contributed by atoms with E-state index in [1.807, 2.05) is 0 Å². The number of amides is 1. The number of hydrogen-bond acceptors (Lipinski definition) is 4. The lowest BCUT2D eigenvalue weighted by Gasteiger charge is -2.21. The summed E-state index contributed by atoms with van der Waals surface area (Å²) >= 11 is 0. The minimum Gasteiger partial charge on any atom is -0.463 e. The molecule has 0 radical (unpaired) electrons. The number of carbonyl (C=O) groups is 1.